The third-order valence-electron chi connectivity index (χ3n) is 2.37. The van der Waals surface area contributed by atoms with Crippen molar-refractivity contribution in [1.82, 2.24) is 5.32 Å². The summed E-state index contributed by atoms with van der Waals surface area (Å²) in [6.07, 6.45) is 5.54. The summed E-state index contributed by atoms with van der Waals surface area (Å²) in [5.41, 5.74) is 0. The van der Waals surface area contributed by atoms with Crippen LogP contribution < -0.4 is 5.32 Å². The molecule has 0 spiro atoms. The lowest BCUT2D eigenvalue weighted by Crippen LogP contribution is -2.45. The highest BCUT2D eigenvalue weighted by molar-refractivity contribution is 5.13. The van der Waals surface area contributed by atoms with E-state index in [1.165, 1.54) is 0 Å². The lowest BCUT2D eigenvalue weighted by molar-refractivity contribution is 0.0456. The number of nitrogens with one attached hydrogen (secondary N) is 1. The normalized spacial score (nSPS) is 32.7. The maximum absolute atomic E-state index is 5.32. The predicted octanol–water partition coefficient (Wildman–Crippen LogP) is 0.954. The number of methoxy groups -OCH3 is 2. The van der Waals surface area contributed by atoms with Gasteiger partial charge in [-0.3, -0.25) is 0 Å². The van der Waals surface area contributed by atoms with Crippen molar-refractivity contribution in [2.45, 2.75) is 31.6 Å². The molecule has 0 saturated heterocycles. The van der Waals surface area contributed by atoms with Gasteiger partial charge >= 0.3 is 0 Å². The van der Waals surface area contributed by atoms with Gasteiger partial charge in [0.1, 0.15) is 0 Å². The van der Waals surface area contributed by atoms with Gasteiger partial charge in [-0.15, -0.1) is 0 Å². The Bertz CT molecular complexity index is 156. The van der Waals surface area contributed by atoms with Gasteiger partial charge in [0, 0.05) is 14.2 Å². The van der Waals surface area contributed by atoms with E-state index in [4.69, 9.17) is 9.47 Å². The van der Waals surface area contributed by atoms with Gasteiger partial charge in [-0.2, -0.15) is 0 Å². The van der Waals surface area contributed by atoms with E-state index in [2.05, 4.69) is 24.4 Å². The summed E-state index contributed by atoms with van der Waals surface area (Å²) >= 11 is 0. The molecule has 3 heteroatoms. The summed E-state index contributed by atoms with van der Waals surface area (Å²) in [5.74, 6) is 0. The van der Waals surface area contributed by atoms with Crippen LogP contribution in [0.5, 0.6) is 0 Å². The molecule has 0 aromatic carbocycles. The molecule has 0 aromatic heterocycles. The average molecular weight is 185 g/mol. The Hall–Kier alpha value is -0.380. The molecule has 1 aliphatic rings. The second-order valence-electron chi connectivity index (χ2n) is 3.27. The molecule has 1 unspecified atom stereocenters. The fourth-order valence-corrected chi connectivity index (χ4v) is 1.64. The summed E-state index contributed by atoms with van der Waals surface area (Å²) < 4.78 is 10.6. The molecule has 1 aliphatic carbocycles. The summed E-state index contributed by atoms with van der Waals surface area (Å²) in [6.45, 7) is 3.16. The smallest absolute Gasteiger partial charge is 0.0934 e. The zero-order valence-corrected chi connectivity index (χ0v) is 8.62. The van der Waals surface area contributed by atoms with E-state index in [9.17, 15) is 0 Å². The SMILES string of the molecule is CCCNC1[C@@H](OC)C=C[C@H]1OC. The molecule has 0 heterocycles. The van der Waals surface area contributed by atoms with Crippen LogP contribution in [-0.2, 0) is 9.47 Å². The van der Waals surface area contributed by atoms with Crippen LogP contribution in [0.2, 0.25) is 0 Å². The van der Waals surface area contributed by atoms with Crippen molar-refractivity contribution in [3.8, 4) is 0 Å². The van der Waals surface area contributed by atoms with Crippen molar-refractivity contribution < 1.29 is 9.47 Å². The van der Waals surface area contributed by atoms with Crippen LogP contribution >= 0.6 is 0 Å². The van der Waals surface area contributed by atoms with Crippen molar-refractivity contribution in [3.05, 3.63) is 12.2 Å². The number of rotatable bonds is 5. The van der Waals surface area contributed by atoms with E-state index in [1.807, 2.05) is 0 Å². The highest BCUT2D eigenvalue weighted by Gasteiger charge is 2.30. The molecule has 0 aliphatic heterocycles. The van der Waals surface area contributed by atoms with Gasteiger partial charge < -0.3 is 14.8 Å². The topological polar surface area (TPSA) is 30.5 Å². The largest absolute Gasteiger partial charge is 0.376 e. The van der Waals surface area contributed by atoms with Crippen molar-refractivity contribution in [2.24, 2.45) is 0 Å². The minimum Gasteiger partial charge on any atom is -0.376 e. The van der Waals surface area contributed by atoms with Crippen LogP contribution in [0.15, 0.2) is 12.2 Å². The first kappa shape index (κ1) is 10.7. The molecule has 0 bridgehead atoms. The number of ether oxygens (including phenoxy) is 2. The Morgan fingerprint density at radius 1 is 1.15 bits per heavy atom. The first-order chi connectivity index (χ1) is 6.33. The summed E-state index contributed by atoms with van der Waals surface area (Å²) in [6, 6.07) is 0.273. The van der Waals surface area contributed by atoms with Crippen molar-refractivity contribution >= 4 is 0 Å². The Morgan fingerprint density at radius 3 is 2.08 bits per heavy atom. The highest BCUT2D eigenvalue weighted by Crippen LogP contribution is 2.17. The minimum atomic E-state index is 0.150. The maximum atomic E-state index is 5.32. The van der Waals surface area contributed by atoms with E-state index in [0.717, 1.165) is 13.0 Å². The Balaban J connectivity index is 2.45. The van der Waals surface area contributed by atoms with Gasteiger partial charge in [0.2, 0.25) is 0 Å². The molecule has 0 saturated carbocycles. The Labute approximate surface area is 80.1 Å². The lowest BCUT2D eigenvalue weighted by Gasteiger charge is -2.24. The fourth-order valence-electron chi connectivity index (χ4n) is 1.64. The van der Waals surface area contributed by atoms with Crippen LogP contribution in [-0.4, -0.2) is 39.0 Å². The van der Waals surface area contributed by atoms with Crippen molar-refractivity contribution in [2.75, 3.05) is 20.8 Å². The minimum absolute atomic E-state index is 0.150. The van der Waals surface area contributed by atoms with E-state index in [0.29, 0.717) is 0 Å². The highest BCUT2D eigenvalue weighted by atomic mass is 16.5. The zero-order valence-electron chi connectivity index (χ0n) is 8.62. The fraction of sp³-hybridized carbons (Fsp3) is 0.800. The lowest BCUT2D eigenvalue weighted by atomic mass is 10.1. The van der Waals surface area contributed by atoms with E-state index >= 15 is 0 Å². The van der Waals surface area contributed by atoms with Crippen LogP contribution in [0.1, 0.15) is 13.3 Å². The van der Waals surface area contributed by atoms with E-state index in [1.54, 1.807) is 14.2 Å². The molecule has 0 fully saturated rings. The van der Waals surface area contributed by atoms with Gasteiger partial charge in [0.05, 0.1) is 18.2 Å². The van der Waals surface area contributed by atoms with Gasteiger partial charge in [-0.1, -0.05) is 19.1 Å². The average Bonchev–Trinajstić information content (AvgIpc) is 2.56. The van der Waals surface area contributed by atoms with Gasteiger partial charge in [-0.25, -0.2) is 0 Å². The predicted molar refractivity (Wildman–Crippen MR) is 52.8 cm³/mol. The number of hydrogen-bond donors (Lipinski definition) is 1. The van der Waals surface area contributed by atoms with E-state index < -0.39 is 0 Å². The second-order valence-corrected chi connectivity index (χ2v) is 3.27. The molecule has 76 valence electrons. The molecule has 0 aromatic rings. The molecule has 1 N–H and O–H groups in total. The van der Waals surface area contributed by atoms with Gasteiger partial charge in [0.25, 0.3) is 0 Å². The first-order valence-corrected chi connectivity index (χ1v) is 4.80. The first-order valence-electron chi connectivity index (χ1n) is 4.80. The quantitative estimate of drug-likeness (QED) is 0.647. The molecule has 3 nitrogen and oxygen atoms in total. The molecule has 0 amide bonds. The third-order valence-corrected chi connectivity index (χ3v) is 2.37. The van der Waals surface area contributed by atoms with Crippen LogP contribution in [0.4, 0.5) is 0 Å². The maximum Gasteiger partial charge on any atom is 0.0934 e. The van der Waals surface area contributed by atoms with Crippen LogP contribution in [0.3, 0.4) is 0 Å². The molecule has 0 radical (unpaired) electrons. The van der Waals surface area contributed by atoms with Crippen LogP contribution in [0.25, 0.3) is 0 Å². The second kappa shape index (κ2) is 5.37. The molecule has 3 atom stereocenters. The monoisotopic (exact) mass is 185 g/mol. The van der Waals surface area contributed by atoms with Gasteiger partial charge in [-0.05, 0) is 13.0 Å². The molecule has 13 heavy (non-hydrogen) atoms. The molecular weight excluding hydrogens is 166 g/mol. The van der Waals surface area contributed by atoms with Gasteiger partial charge in [0.15, 0.2) is 0 Å². The third kappa shape index (κ3) is 2.53. The van der Waals surface area contributed by atoms with Crippen molar-refractivity contribution in [1.29, 1.82) is 0 Å². The summed E-state index contributed by atoms with van der Waals surface area (Å²) in [5, 5.41) is 3.42. The Morgan fingerprint density at radius 2 is 1.69 bits per heavy atom. The molecular formula is C10H19NO2. The van der Waals surface area contributed by atoms with Crippen molar-refractivity contribution in [3.63, 3.8) is 0 Å². The Kier molecular flexibility index (Phi) is 4.42. The van der Waals surface area contributed by atoms with E-state index in [-0.39, 0.29) is 18.2 Å². The molecule has 1 rings (SSSR count). The standard InChI is InChI=1S/C10H19NO2/c1-4-7-11-10-8(12-2)5-6-9(10)13-3/h5-6,8-11H,4,7H2,1-3H3/t8-,9+,10?. The van der Waals surface area contributed by atoms with Crippen LogP contribution in [0, 0.1) is 0 Å². The summed E-state index contributed by atoms with van der Waals surface area (Å²) in [7, 11) is 3.46. The summed E-state index contributed by atoms with van der Waals surface area (Å²) in [4.78, 5) is 0. The zero-order chi connectivity index (χ0) is 9.68. The number of hydrogen-bond acceptors (Lipinski definition) is 3.